The Morgan fingerprint density at radius 2 is 2.04 bits per heavy atom. The van der Waals surface area contributed by atoms with Crippen molar-refractivity contribution in [2.45, 2.75) is 39.2 Å². The average Bonchev–Trinajstić information content (AvgIpc) is 3.25. The number of likely N-dealkylation sites (tertiary alicyclic amines) is 1. The maximum absolute atomic E-state index is 12.0. The van der Waals surface area contributed by atoms with E-state index in [1.165, 1.54) is 25.7 Å². The zero-order valence-corrected chi connectivity index (χ0v) is 14.5. The van der Waals surface area contributed by atoms with E-state index in [1.807, 2.05) is 12.1 Å². The van der Waals surface area contributed by atoms with Gasteiger partial charge in [-0.15, -0.1) is 0 Å². The molecule has 1 saturated carbocycles. The number of carbonyl (C=O) groups excluding carboxylic acids is 1. The van der Waals surface area contributed by atoms with Crippen LogP contribution in [0.4, 0.5) is 0 Å². The van der Waals surface area contributed by atoms with Gasteiger partial charge in [0.05, 0.1) is 12.8 Å². The van der Waals surface area contributed by atoms with E-state index in [1.54, 1.807) is 6.26 Å². The molecule has 0 bridgehead atoms. The molecule has 6 heteroatoms. The molecule has 2 atom stereocenters. The van der Waals surface area contributed by atoms with Crippen molar-refractivity contribution in [2.24, 2.45) is 16.8 Å². The fraction of sp³-hybridized carbons (Fsp3) is 0.667. The van der Waals surface area contributed by atoms with Crippen LogP contribution in [0.1, 0.15) is 38.4 Å². The van der Waals surface area contributed by atoms with Crippen LogP contribution in [0.5, 0.6) is 0 Å². The highest BCUT2D eigenvalue weighted by Crippen LogP contribution is 2.35. The topological polar surface area (TPSA) is 69.9 Å². The monoisotopic (exact) mass is 332 g/mol. The minimum Gasteiger partial charge on any atom is -0.467 e. The Labute approximate surface area is 143 Å². The minimum atomic E-state index is -0.0848. The van der Waals surface area contributed by atoms with Gasteiger partial charge in [0, 0.05) is 19.6 Å². The normalized spacial score (nSPS) is 23.9. The van der Waals surface area contributed by atoms with Gasteiger partial charge < -0.3 is 20.0 Å². The molecule has 0 aromatic carbocycles. The molecule has 1 aliphatic carbocycles. The number of nitrogens with one attached hydrogen (secondary N) is 2. The van der Waals surface area contributed by atoms with Crippen LogP contribution in [0.25, 0.3) is 0 Å². The highest BCUT2D eigenvalue weighted by atomic mass is 16.3. The van der Waals surface area contributed by atoms with E-state index >= 15 is 0 Å². The average molecular weight is 332 g/mol. The summed E-state index contributed by atoms with van der Waals surface area (Å²) in [6.45, 7) is 5.59. The van der Waals surface area contributed by atoms with Crippen LogP contribution in [0.2, 0.25) is 0 Å². The van der Waals surface area contributed by atoms with Gasteiger partial charge in [0.15, 0.2) is 5.96 Å². The summed E-state index contributed by atoms with van der Waals surface area (Å²) in [4.78, 5) is 18.9. The Hall–Kier alpha value is -1.98. The van der Waals surface area contributed by atoms with E-state index in [-0.39, 0.29) is 12.5 Å². The third kappa shape index (κ3) is 4.30. The maximum Gasteiger partial charge on any atom is 0.242 e. The quantitative estimate of drug-likeness (QED) is 0.639. The van der Waals surface area contributed by atoms with Gasteiger partial charge in [0.2, 0.25) is 5.91 Å². The molecule has 0 radical (unpaired) electrons. The van der Waals surface area contributed by atoms with Crippen molar-refractivity contribution >= 4 is 11.9 Å². The summed E-state index contributed by atoms with van der Waals surface area (Å²) in [5.74, 6) is 3.15. The third-order valence-corrected chi connectivity index (χ3v) is 5.02. The van der Waals surface area contributed by atoms with Gasteiger partial charge in [-0.2, -0.15) is 0 Å². The fourth-order valence-electron chi connectivity index (χ4n) is 3.81. The summed E-state index contributed by atoms with van der Waals surface area (Å²) in [6, 6.07) is 3.66. The van der Waals surface area contributed by atoms with E-state index in [0.29, 0.717) is 6.54 Å². The molecule has 2 unspecified atom stereocenters. The van der Waals surface area contributed by atoms with Gasteiger partial charge in [-0.05, 0) is 43.7 Å². The fourth-order valence-corrected chi connectivity index (χ4v) is 3.81. The summed E-state index contributed by atoms with van der Waals surface area (Å²) in [5.41, 5.74) is 0. The number of hydrogen-bond donors (Lipinski definition) is 2. The Morgan fingerprint density at radius 1 is 1.29 bits per heavy atom. The first-order chi connectivity index (χ1) is 11.8. The Kier molecular flexibility index (Phi) is 5.77. The summed E-state index contributed by atoms with van der Waals surface area (Å²) in [5, 5.41) is 6.17. The number of fused-ring (bicyclic) bond motifs is 1. The first-order valence-electron chi connectivity index (χ1n) is 9.08. The molecule has 0 spiro atoms. The van der Waals surface area contributed by atoms with Crippen molar-refractivity contribution < 1.29 is 9.21 Å². The number of nitrogens with zero attached hydrogens (tertiary/aromatic N) is 2. The molecule has 2 N–H and O–H groups in total. The summed E-state index contributed by atoms with van der Waals surface area (Å²) in [7, 11) is 0. The molecule has 1 saturated heterocycles. The van der Waals surface area contributed by atoms with Gasteiger partial charge >= 0.3 is 0 Å². The van der Waals surface area contributed by atoms with Gasteiger partial charge in [-0.1, -0.05) is 12.8 Å². The number of carbonyl (C=O) groups is 1. The van der Waals surface area contributed by atoms with E-state index in [4.69, 9.17) is 4.42 Å². The van der Waals surface area contributed by atoms with Crippen molar-refractivity contribution in [2.75, 3.05) is 26.2 Å². The van der Waals surface area contributed by atoms with Crippen LogP contribution < -0.4 is 10.6 Å². The predicted molar refractivity (Wildman–Crippen MR) is 93.6 cm³/mol. The number of furan rings is 1. The molecule has 2 heterocycles. The smallest absolute Gasteiger partial charge is 0.242 e. The molecule has 1 amide bonds. The SMILES string of the molecule is CCNC(=NCC(=O)NCc1ccco1)N1CC2CCCCC2C1. The lowest BCUT2D eigenvalue weighted by Gasteiger charge is -2.22. The van der Waals surface area contributed by atoms with Crippen molar-refractivity contribution in [1.29, 1.82) is 0 Å². The van der Waals surface area contributed by atoms with Crippen LogP contribution in [0.3, 0.4) is 0 Å². The molecule has 1 aromatic heterocycles. The molecule has 132 valence electrons. The van der Waals surface area contributed by atoms with Crippen molar-refractivity contribution in [3.63, 3.8) is 0 Å². The summed E-state index contributed by atoms with van der Waals surface area (Å²) >= 11 is 0. The molecule has 1 aliphatic heterocycles. The maximum atomic E-state index is 12.0. The molecular formula is C18H28N4O2. The molecule has 2 aliphatic rings. The molecular weight excluding hydrogens is 304 g/mol. The van der Waals surface area contributed by atoms with Gasteiger partial charge in [-0.3, -0.25) is 4.79 Å². The summed E-state index contributed by atoms with van der Waals surface area (Å²) < 4.78 is 5.21. The number of aliphatic imine (C=N–C) groups is 1. The van der Waals surface area contributed by atoms with Crippen molar-refractivity contribution in [3.05, 3.63) is 24.2 Å². The second-order valence-corrected chi connectivity index (χ2v) is 6.74. The van der Waals surface area contributed by atoms with Crippen molar-refractivity contribution in [1.82, 2.24) is 15.5 Å². The Bertz CT molecular complexity index is 541. The third-order valence-electron chi connectivity index (χ3n) is 5.02. The van der Waals surface area contributed by atoms with Crippen LogP contribution in [-0.4, -0.2) is 42.9 Å². The predicted octanol–water partition coefficient (Wildman–Crippen LogP) is 1.98. The van der Waals surface area contributed by atoms with E-state index in [9.17, 15) is 4.79 Å². The first kappa shape index (κ1) is 16.9. The minimum absolute atomic E-state index is 0.0848. The van der Waals surface area contributed by atoms with E-state index in [0.717, 1.165) is 43.2 Å². The van der Waals surface area contributed by atoms with Crippen LogP contribution >= 0.6 is 0 Å². The zero-order chi connectivity index (χ0) is 16.8. The van der Waals surface area contributed by atoms with Crippen LogP contribution in [0.15, 0.2) is 27.8 Å². The lowest BCUT2D eigenvalue weighted by Crippen LogP contribution is -2.41. The Morgan fingerprint density at radius 3 is 2.67 bits per heavy atom. The Balaban J connectivity index is 1.52. The number of hydrogen-bond acceptors (Lipinski definition) is 3. The second-order valence-electron chi connectivity index (χ2n) is 6.74. The molecule has 3 rings (SSSR count). The zero-order valence-electron chi connectivity index (χ0n) is 14.5. The first-order valence-corrected chi connectivity index (χ1v) is 9.08. The largest absolute Gasteiger partial charge is 0.467 e. The second kappa shape index (κ2) is 8.22. The van der Waals surface area contributed by atoms with Gasteiger partial charge in [0.25, 0.3) is 0 Å². The molecule has 6 nitrogen and oxygen atoms in total. The van der Waals surface area contributed by atoms with Gasteiger partial charge in [-0.25, -0.2) is 4.99 Å². The highest BCUT2D eigenvalue weighted by Gasteiger charge is 2.35. The lowest BCUT2D eigenvalue weighted by atomic mass is 9.82. The van der Waals surface area contributed by atoms with E-state index < -0.39 is 0 Å². The van der Waals surface area contributed by atoms with Gasteiger partial charge in [0.1, 0.15) is 12.3 Å². The van der Waals surface area contributed by atoms with Crippen LogP contribution in [-0.2, 0) is 11.3 Å². The standard InChI is InChI=1S/C18H28N4O2/c1-2-19-18(22-12-14-6-3-4-7-15(14)13-22)21-11-17(23)20-10-16-8-5-9-24-16/h5,8-9,14-15H,2-4,6-7,10-13H2,1H3,(H,19,21)(H,20,23). The summed E-state index contributed by atoms with van der Waals surface area (Å²) in [6.07, 6.45) is 7.00. The van der Waals surface area contributed by atoms with E-state index in [2.05, 4.69) is 27.4 Å². The van der Waals surface area contributed by atoms with Crippen molar-refractivity contribution in [3.8, 4) is 0 Å². The lowest BCUT2D eigenvalue weighted by molar-refractivity contribution is -0.119. The number of amides is 1. The number of rotatable bonds is 5. The number of guanidine groups is 1. The highest BCUT2D eigenvalue weighted by molar-refractivity contribution is 5.85. The molecule has 24 heavy (non-hydrogen) atoms. The molecule has 2 fully saturated rings. The molecule has 1 aromatic rings. The van der Waals surface area contributed by atoms with Crippen LogP contribution in [0, 0.1) is 11.8 Å².